The van der Waals surface area contributed by atoms with Crippen LogP contribution in [0.3, 0.4) is 0 Å². The Balaban J connectivity index is 2.04. The molecule has 24 heavy (non-hydrogen) atoms. The van der Waals surface area contributed by atoms with Gasteiger partial charge in [0.15, 0.2) is 11.5 Å². The zero-order valence-corrected chi connectivity index (χ0v) is 14.5. The standard InChI is InChI=1S/C19H20ClNO3/c1-23-17-11-14-8-9-21(19(20)22)16(15(14)12-18(17)24-2)10-13-6-4-3-5-7-13/h3-7,11-12,16H,8-10H2,1-2H3. The van der Waals surface area contributed by atoms with Crippen molar-refractivity contribution in [1.82, 2.24) is 4.90 Å². The molecule has 0 bridgehead atoms. The van der Waals surface area contributed by atoms with E-state index in [4.69, 9.17) is 21.1 Å². The average molecular weight is 346 g/mol. The van der Waals surface area contributed by atoms with Crippen molar-refractivity contribution >= 4 is 17.0 Å². The Morgan fingerprint density at radius 3 is 2.46 bits per heavy atom. The molecule has 1 unspecified atom stereocenters. The van der Waals surface area contributed by atoms with Gasteiger partial charge >= 0.3 is 5.37 Å². The summed E-state index contributed by atoms with van der Waals surface area (Å²) < 4.78 is 10.8. The summed E-state index contributed by atoms with van der Waals surface area (Å²) in [6.45, 7) is 0.600. The molecule has 1 heterocycles. The van der Waals surface area contributed by atoms with Crippen LogP contribution >= 0.6 is 11.6 Å². The van der Waals surface area contributed by atoms with Crippen LogP contribution in [0.25, 0.3) is 0 Å². The van der Waals surface area contributed by atoms with Crippen molar-refractivity contribution in [2.45, 2.75) is 18.9 Å². The molecule has 5 heteroatoms. The molecule has 0 saturated heterocycles. The Morgan fingerprint density at radius 1 is 1.17 bits per heavy atom. The highest BCUT2D eigenvalue weighted by atomic mass is 35.5. The monoisotopic (exact) mass is 345 g/mol. The van der Waals surface area contributed by atoms with Gasteiger partial charge in [-0.3, -0.25) is 4.79 Å². The van der Waals surface area contributed by atoms with Crippen LogP contribution in [0.1, 0.15) is 22.7 Å². The number of fused-ring (bicyclic) bond motifs is 1. The molecule has 2 aromatic carbocycles. The molecule has 0 aliphatic carbocycles. The van der Waals surface area contributed by atoms with Gasteiger partial charge in [0.1, 0.15) is 0 Å². The summed E-state index contributed by atoms with van der Waals surface area (Å²) in [6, 6.07) is 14.0. The van der Waals surface area contributed by atoms with Crippen LogP contribution in [0.4, 0.5) is 4.79 Å². The number of ether oxygens (including phenoxy) is 2. The summed E-state index contributed by atoms with van der Waals surface area (Å²) in [5.41, 5.74) is 3.40. The van der Waals surface area contributed by atoms with E-state index in [0.717, 1.165) is 17.5 Å². The van der Waals surface area contributed by atoms with E-state index >= 15 is 0 Å². The van der Waals surface area contributed by atoms with Crippen LogP contribution in [-0.4, -0.2) is 31.0 Å². The highest BCUT2D eigenvalue weighted by Crippen LogP contribution is 2.39. The molecule has 0 spiro atoms. The zero-order chi connectivity index (χ0) is 17.1. The first-order chi connectivity index (χ1) is 11.6. The van der Waals surface area contributed by atoms with Crippen LogP contribution < -0.4 is 9.47 Å². The molecule has 1 aliphatic rings. The normalized spacial score (nSPS) is 16.5. The van der Waals surface area contributed by atoms with Crippen molar-refractivity contribution in [3.8, 4) is 11.5 Å². The number of methoxy groups -OCH3 is 2. The average Bonchev–Trinajstić information content (AvgIpc) is 2.61. The lowest BCUT2D eigenvalue weighted by atomic mass is 9.88. The van der Waals surface area contributed by atoms with Crippen molar-refractivity contribution in [3.63, 3.8) is 0 Å². The summed E-state index contributed by atoms with van der Waals surface area (Å²) in [7, 11) is 3.24. The molecular weight excluding hydrogens is 326 g/mol. The molecule has 1 atom stereocenters. The summed E-state index contributed by atoms with van der Waals surface area (Å²) in [4.78, 5) is 13.6. The second-order valence-corrected chi connectivity index (χ2v) is 6.13. The van der Waals surface area contributed by atoms with E-state index in [1.807, 2.05) is 30.3 Å². The Labute approximate surface area is 146 Å². The second-order valence-electron chi connectivity index (χ2n) is 5.81. The van der Waals surface area contributed by atoms with Crippen LogP contribution in [0.2, 0.25) is 0 Å². The van der Waals surface area contributed by atoms with Gasteiger partial charge in [-0.05, 0) is 53.3 Å². The predicted octanol–water partition coefficient (Wildman–Crippen LogP) is 4.20. The topological polar surface area (TPSA) is 38.8 Å². The van der Waals surface area contributed by atoms with Crippen molar-refractivity contribution in [2.24, 2.45) is 0 Å². The zero-order valence-electron chi connectivity index (χ0n) is 13.8. The molecule has 4 nitrogen and oxygen atoms in total. The molecule has 0 radical (unpaired) electrons. The number of rotatable bonds is 4. The first-order valence-electron chi connectivity index (χ1n) is 7.89. The molecular formula is C19H20ClNO3. The van der Waals surface area contributed by atoms with Gasteiger partial charge in [-0.25, -0.2) is 0 Å². The van der Waals surface area contributed by atoms with E-state index in [1.165, 1.54) is 5.56 Å². The van der Waals surface area contributed by atoms with E-state index in [1.54, 1.807) is 19.1 Å². The lowest BCUT2D eigenvalue weighted by molar-refractivity contribution is 0.191. The Morgan fingerprint density at radius 2 is 1.83 bits per heavy atom. The van der Waals surface area contributed by atoms with E-state index in [-0.39, 0.29) is 6.04 Å². The predicted molar refractivity (Wildman–Crippen MR) is 94.1 cm³/mol. The summed E-state index contributed by atoms with van der Waals surface area (Å²) in [5, 5.41) is -0.420. The summed E-state index contributed by atoms with van der Waals surface area (Å²) in [5.74, 6) is 1.37. The van der Waals surface area contributed by atoms with E-state index in [0.29, 0.717) is 24.5 Å². The fourth-order valence-corrected chi connectivity index (χ4v) is 3.50. The SMILES string of the molecule is COc1cc2c(cc1OC)C(Cc1ccccc1)N(C(=O)Cl)CC2. The Kier molecular flexibility index (Phi) is 4.95. The van der Waals surface area contributed by atoms with Crippen LogP contribution in [-0.2, 0) is 12.8 Å². The highest BCUT2D eigenvalue weighted by Gasteiger charge is 2.31. The third kappa shape index (κ3) is 3.20. The van der Waals surface area contributed by atoms with Crippen molar-refractivity contribution in [2.75, 3.05) is 20.8 Å². The number of carbonyl (C=O) groups excluding carboxylic acids is 1. The summed E-state index contributed by atoms with van der Waals surface area (Å²) >= 11 is 5.85. The number of nitrogens with zero attached hydrogens (tertiary/aromatic N) is 1. The summed E-state index contributed by atoms with van der Waals surface area (Å²) in [6.07, 6.45) is 1.46. The van der Waals surface area contributed by atoms with Crippen LogP contribution in [0.15, 0.2) is 42.5 Å². The number of carbonyl (C=O) groups is 1. The maximum atomic E-state index is 11.9. The minimum Gasteiger partial charge on any atom is -0.493 e. The van der Waals surface area contributed by atoms with Gasteiger partial charge in [-0.1, -0.05) is 30.3 Å². The lowest BCUT2D eigenvalue weighted by Gasteiger charge is -2.36. The van der Waals surface area contributed by atoms with E-state index in [2.05, 4.69) is 12.1 Å². The van der Waals surface area contributed by atoms with Gasteiger partial charge in [0.2, 0.25) is 0 Å². The van der Waals surface area contributed by atoms with Crippen molar-refractivity contribution < 1.29 is 14.3 Å². The molecule has 0 N–H and O–H groups in total. The maximum absolute atomic E-state index is 11.9. The van der Waals surface area contributed by atoms with Crippen LogP contribution in [0.5, 0.6) is 11.5 Å². The van der Waals surface area contributed by atoms with Crippen molar-refractivity contribution in [1.29, 1.82) is 0 Å². The first kappa shape index (κ1) is 16.7. The van der Waals surface area contributed by atoms with Gasteiger partial charge < -0.3 is 14.4 Å². The van der Waals surface area contributed by atoms with Crippen molar-refractivity contribution in [3.05, 3.63) is 59.2 Å². The smallest absolute Gasteiger partial charge is 0.316 e. The molecule has 0 saturated carbocycles. The molecule has 3 rings (SSSR count). The van der Waals surface area contributed by atoms with Gasteiger partial charge in [-0.15, -0.1) is 0 Å². The molecule has 1 amide bonds. The third-order valence-corrected chi connectivity index (χ3v) is 4.72. The van der Waals surface area contributed by atoms with Gasteiger partial charge in [-0.2, -0.15) is 0 Å². The largest absolute Gasteiger partial charge is 0.493 e. The van der Waals surface area contributed by atoms with Crippen LogP contribution in [0, 0.1) is 0 Å². The first-order valence-corrected chi connectivity index (χ1v) is 8.26. The third-order valence-electron chi connectivity index (χ3n) is 4.50. The number of halogens is 1. The van der Waals surface area contributed by atoms with Gasteiger partial charge in [0.05, 0.1) is 20.3 Å². The fraction of sp³-hybridized carbons (Fsp3) is 0.316. The van der Waals surface area contributed by atoms with Gasteiger partial charge in [0.25, 0.3) is 0 Å². The molecule has 126 valence electrons. The maximum Gasteiger partial charge on any atom is 0.316 e. The Hall–Kier alpha value is -2.20. The molecule has 0 fully saturated rings. The quantitative estimate of drug-likeness (QED) is 0.615. The highest BCUT2D eigenvalue weighted by molar-refractivity contribution is 6.62. The second kappa shape index (κ2) is 7.14. The molecule has 1 aliphatic heterocycles. The van der Waals surface area contributed by atoms with E-state index < -0.39 is 5.37 Å². The lowest BCUT2D eigenvalue weighted by Crippen LogP contribution is -2.38. The number of benzene rings is 2. The molecule has 0 aromatic heterocycles. The fourth-order valence-electron chi connectivity index (χ4n) is 3.30. The number of hydrogen-bond donors (Lipinski definition) is 0. The molecule has 2 aromatic rings. The minimum absolute atomic E-state index is 0.110. The van der Waals surface area contributed by atoms with E-state index in [9.17, 15) is 4.79 Å². The van der Waals surface area contributed by atoms with Gasteiger partial charge in [0, 0.05) is 6.54 Å². The number of hydrogen-bond acceptors (Lipinski definition) is 3. The minimum atomic E-state index is -0.420. The number of amides is 1. The Bertz CT molecular complexity index is 733.